The summed E-state index contributed by atoms with van der Waals surface area (Å²) >= 11 is 0. The Hall–Kier alpha value is -2.59. The lowest BCUT2D eigenvalue weighted by molar-refractivity contribution is 0.276. The summed E-state index contributed by atoms with van der Waals surface area (Å²) in [6.45, 7) is 4.28. The molecule has 1 fully saturated rings. The fourth-order valence-electron chi connectivity index (χ4n) is 3.17. The first-order valence-corrected chi connectivity index (χ1v) is 9.22. The van der Waals surface area contributed by atoms with Gasteiger partial charge in [0.15, 0.2) is 0 Å². The maximum atomic E-state index is 9.63. The van der Waals surface area contributed by atoms with Gasteiger partial charge in [-0.3, -0.25) is 0 Å². The number of aliphatic hydroxyl groups excluding tert-OH is 1. The molecule has 0 radical (unpaired) electrons. The largest absolute Gasteiger partial charge is 0.490 e. The number of rotatable bonds is 6. The number of aromatic nitrogens is 2. The lowest BCUT2D eigenvalue weighted by atomic mass is 10.0. The van der Waals surface area contributed by atoms with E-state index in [4.69, 9.17) is 4.74 Å². The highest BCUT2D eigenvalue weighted by Gasteiger charge is 2.24. The predicted octanol–water partition coefficient (Wildman–Crippen LogP) is 4.70. The summed E-state index contributed by atoms with van der Waals surface area (Å²) < 4.78 is 7.89. The molecule has 1 aliphatic carbocycles. The summed E-state index contributed by atoms with van der Waals surface area (Å²) in [6.07, 6.45) is 2.64. The molecule has 0 spiro atoms. The molecule has 0 atom stereocenters. The Morgan fingerprint density at radius 3 is 2.65 bits per heavy atom. The first-order chi connectivity index (χ1) is 12.7. The van der Waals surface area contributed by atoms with Gasteiger partial charge in [-0.25, -0.2) is 4.68 Å². The number of ether oxygens (including phenoxy) is 1. The topological polar surface area (TPSA) is 47.3 Å². The Morgan fingerprint density at radius 1 is 1.12 bits per heavy atom. The van der Waals surface area contributed by atoms with Gasteiger partial charge in [0.1, 0.15) is 5.75 Å². The third-order valence-electron chi connectivity index (χ3n) is 4.67. The van der Waals surface area contributed by atoms with Crippen molar-refractivity contribution in [2.24, 2.45) is 0 Å². The van der Waals surface area contributed by atoms with Gasteiger partial charge >= 0.3 is 0 Å². The standard InChI is InChI=1S/C22H24N2O2/c1-15(2)20-8-3-4-9-21(20)24-22(13-17(14-25)23-24)16-6-5-7-19(12-16)26-18-10-11-18/h3-9,12-13,15,18,25H,10-11,14H2,1-2H3. The highest BCUT2D eigenvalue weighted by molar-refractivity contribution is 5.65. The molecule has 0 aliphatic heterocycles. The van der Waals surface area contributed by atoms with Crippen molar-refractivity contribution in [1.29, 1.82) is 0 Å². The summed E-state index contributed by atoms with van der Waals surface area (Å²) in [5, 5.41) is 14.3. The number of benzene rings is 2. The summed E-state index contributed by atoms with van der Waals surface area (Å²) in [5.74, 6) is 1.27. The van der Waals surface area contributed by atoms with Crippen molar-refractivity contribution in [2.45, 2.75) is 45.3 Å². The van der Waals surface area contributed by atoms with Gasteiger partial charge in [-0.1, -0.05) is 44.2 Å². The van der Waals surface area contributed by atoms with E-state index in [0.29, 0.717) is 17.7 Å². The maximum absolute atomic E-state index is 9.63. The normalized spacial score (nSPS) is 14.0. The van der Waals surface area contributed by atoms with Crippen molar-refractivity contribution >= 4 is 0 Å². The molecule has 1 aromatic heterocycles. The van der Waals surface area contributed by atoms with Crippen LogP contribution in [-0.4, -0.2) is 21.0 Å². The average Bonchev–Trinajstić information content (AvgIpc) is 3.36. The van der Waals surface area contributed by atoms with Gasteiger partial charge in [-0.15, -0.1) is 0 Å². The molecule has 26 heavy (non-hydrogen) atoms. The van der Waals surface area contributed by atoms with E-state index in [2.05, 4.69) is 49.3 Å². The lowest BCUT2D eigenvalue weighted by Gasteiger charge is -2.15. The van der Waals surface area contributed by atoms with Crippen LogP contribution >= 0.6 is 0 Å². The van der Waals surface area contributed by atoms with E-state index in [1.165, 1.54) is 5.56 Å². The van der Waals surface area contributed by atoms with E-state index < -0.39 is 0 Å². The number of hydrogen-bond acceptors (Lipinski definition) is 3. The van der Waals surface area contributed by atoms with Gasteiger partial charge < -0.3 is 9.84 Å². The first kappa shape index (κ1) is 16.9. The first-order valence-electron chi connectivity index (χ1n) is 9.22. The molecule has 1 heterocycles. The van der Waals surface area contributed by atoms with Crippen LogP contribution in [0.5, 0.6) is 5.75 Å². The molecule has 1 aliphatic rings. The van der Waals surface area contributed by atoms with Crippen molar-refractivity contribution in [1.82, 2.24) is 9.78 Å². The van der Waals surface area contributed by atoms with Crippen molar-refractivity contribution in [2.75, 3.05) is 0 Å². The second kappa shape index (κ2) is 6.96. The average molecular weight is 348 g/mol. The minimum absolute atomic E-state index is 0.0812. The van der Waals surface area contributed by atoms with E-state index in [9.17, 15) is 5.11 Å². The Balaban J connectivity index is 1.81. The van der Waals surface area contributed by atoms with Crippen molar-refractivity contribution in [3.8, 4) is 22.7 Å². The molecule has 2 aromatic carbocycles. The van der Waals surface area contributed by atoms with Crippen LogP contribution in [-0.2, 0) is 6.61 Å². The molecule has 4 nitrogen and oxygen atoms in total. The second-order valence-electron chi connectivity index (χ2n) is 7.15. The van der Waals surface area contributed by atoms with Crippen LogP contribution in [0.25, 0.3) is 16.9 Å². The van der Waals surface area contributed by atoms with Crippen LogP contribution in [0.2, 0.25) is 0 Å². The van der Waals surface area contributed by atoms with E-state index in [0.717, 1.165) is 35.5 Å². The number of hydrogen-bond donors (Lipinski definition) is 1. The van der Waals surface area contributed by atoms with Gasteiger partial charge in [0.2, 0.25) is 0 Å². The van der Waals surface area contributed by atoms with Gasteiger partial charge in [0.05, 0.1) is 29.8 Å². The molecule has 134 valence electrons. The highest BCUT2D eigenvalue weighted by atomic mass is 16.5. The maximum Gasteiger partial charge on any atom is 0.120 e. The number of nitrogens with zero attached hydrogens (tertiary/aromatic N) is 2. The Labute approximate surface area is 154 Å². The molecule has 1 N–H and O–H groups in total. The van der Waals surface area contributed by atoms with E-state index in [1.54, 1.807) is 0 Å². The zero-order valence-electron chi connectivity index (χ0n) is 15.2. The van der Waals surface area contributed by atoms with E-state index in [-0.39, 0.29) is 6.61 Å². The van der Waals surface area contributed by atoms with Crippen LogP contribution in [0.4, 0.5) is 0 Å². The number of para-hydroxylation sites is 1. The van der Waals surface area contributed by atoms with Gasteiger partial charge in [0.25, 0.3) is 0 Å². The summed E-state index contributed by atoms with van der Waals surface area (Å²) in [4.78, 5) is 0. The van der Waals surface area contributed by atoms with Gasteiger partial charge in [-0.05, 0) is 48.6 Å². The molecule has 1 saturated carbocycles. The zero-order valence-corrected chi connectivity index (χ0v) is 15.2. The fourth-order valence-corrected chi connectivity index (χ4v) is 3.17. The SMILES string of the molecule is CC(C)c1ccccc1-n1nc(CO)cc1-c1cccc(OC2CC2)c1. The Kier molecular flexibility index (Phi) is 4.51. The van der Waals surface area contributed by atoms with Crippen LogP contribution in [0.1, 0.15) is 43.9 Å². The molecule has 0 amide bonds. The van der Waals surface area contributed by atoms with Crippen LogP contribution in [0.15, 0.2) is 54.6 Å². The predicted molar refractivity (Wildman–Crippen MR) is 103 cm³/mol. The van der Waals surface area contributed by atoms with Crippen molar-refractivity contribution in [3.05, 3.63) is 65.9 Å². The summed E-state index contributed by atoms with van der Waals surface area (Å²) in [7, 11) is 0. The molecule has 0 saturated heterocycles. The van der Waals surface area contributed by atoms with Crippen LogP contribution in [0.3, 0.4) is 0 Å². The zero-order chi connectivity index (χ0) is 18.1. The van der Waals surface area contributed by atoms with E-state index in [1.807, 2.05) is 28.9 Å². The quantitative estimate of drug-likeness (QED) is 0.702. The van der Waals surface area contributed by atoms with Crippen molar-refractivity contribution < 1.29 is 9.84 Å². The third kappa shape index (κ3) is 3.37. The molecule has 3 aromatic rings. The third-order valence-corrected chi connectivity index (χ3v) is 4.67. The Morgan fingerprint density at radius 2 is 1.92 bits per heavy atom. The molecular formula is C22H24N2O2. The Bertz CT molecular complexity index is 910. The summed E-state index contributed by atoms with van der Waals surface area (Å²) in [6, 6.07) is 18.4. The molecule has 0 unspecified atom stereocenters. The van der Waals surface area contributed by atoms with Gasteiger partial charge in [0, 0.05) is 5.56 Å². The second-order valence-corrected chi connectivity index (χ2v) is 7.15. The minimum atomic E-state index is -0.0812. The minimum Gasteiger partial charge on any atom is -0.490 e. The van der Waals surface area contributed by atoms with Crippen LogP contribution in [0, 0.1) is 0 Å². The smallest absolute Gasteiger partial charge is 0.120 e. The van der Waals surface area contributed by atoms with E-state index >= 15 is 0 Å². The molecule has 4 heteroatoms. The highest BCUT2D eigenvalue weighted by Crippen LogP contribution is 2.32. The number of aliphatic hydroxyl groups is 1. The van der Waals surface area contributed by atoms with Crippen LogP contribution < -0.4 is 4.74 Å². The van der Waals surface area contributed by atoms with Crippen molar-refractivity contribution in [3.63, 3.8) is 0 Å². The molecular weight excluding hydrogens is 324 g/mol. The van der Waals surface area contributed by atoms with Gasteiger partial charge in [-0.2, -0.15) is 5.10 Å². The lowest BCUT2D eigenvalue weighted by Crippen LogP contribution is -2.05. The molecule has 0 bridgehead atoms. The summed E-state index contributed by atoms with van der Waals surface area (Å²) in [5.41, 5.74) is 4.93. The fraction of sp³-hybridized carbons (Fsp3) is 0.318. The monoisotopic (exact) mass is 348 g/mol. The molecule has 4 rings (SSSR count).